The van der Waals surface area contributed by atoms with Crippen molar-refractivity contribution < 1.29 is 4.63 Å². The van der Waals surface area contributed by atoms with E-state index >= 15 is 0 Å². The average Bonchev–Trinajstić information content (AvgIpc) is 2.76. The fourth-order valence-electron chi connectivity index (χ4n) is 1.26. The maximum absolute atomic E-state index is 7.75. The highest BCUT2D eigenvalue weighted by Crippen LogP contribution is 2.12. The molecule has 0 bridgehead atoms. The molecule has 0 fully saturated rings. The van der Waals surface area contributed by atoms with E-state index in [2.05, 4.69) is 26.2 Å². The van der Waals surface area contributed by atoms with Gasteiger partial charge >= 0.3 is 0 Å². The van der Waals surface area contributed by atoms with E-state index in [4.69, 9.17) is 17.6 Å². The molecule has 4 N–H and O–H groups in total. The fourth-order valence-corrected chi connectivity index (χ4v) is 1.26. The average molecular weight is 227 g/mol. The van der Waals surface area contributed by atoms with E-state index in [9.17, 15) is 0 Å². The summed E-state index contributed by atoms with van der Waals surface area (Å²) in [6, 6.07) is 7.09. The van der Waals surface area contributed by atoms with Crippen molar-refractivity contribution in [3.63, 3.8) is 0 Å². The van der Waals surface area contributed by atoms with Crippen LogP contribution in [0, 0.1) is 17.8 Å². The van der Waals surface area contributed by atoms with Crippen molar-refractivity contribution >= 4 is 17.3 Å². The third-order valence-corrected chi connectivity index (χ3v) is 2.05. The van der Waals surface area contributed by atoms with Gasteiger partial charge in [-0.3, -0.25) is 5.41 Å². The molecule has 0 unspecified atom stereocenters. The Morgan fingerprint density at radius 1 is 1.47 bits per heavy atom. The minimum Gasteiger partial charge on any atom is -0.379 e. The highest BCUT2D eigenvalue weighted by atomic mass is 16.6. The smallest absolute Gasteiger partial charge is 0.199 e. The minimum atomic E-state index is -0.00192. The van der Waals surface area contributed by atoms with Gasteiger partial charge in [-0.1, -0.05) is 12.0 Å². The van der Waals surface area contributed by atoms with Gasteiger partial charge in [0.15, 0.2) is 17.3 Å². The molecule has 0 radical (unpaired) electrons. The van der Waals surface area contributed by atoms with E-state index < -0.39 is 0 Å². The second kappa shape index (κ2) is 4.37. The monoisotopic (exact) mass is 227 g/mol. The van der Waals surface area contributed by atoms with Crippen LogP contribution < -0.4 is 11.1 Å². The van der Waals surface area contributed by atoms with Crippen molar-refractivity contribution in [3.8, 4) is 12.3 Å². The molecule has 0 saturated heterocycles. The summed E-state index contributed by atoms with van der Waals surface area (Å²) < 4.78 is 4.41. The van der Waals surface area contributed by atoms with Gasteiger partial charge in [-0.25, -0.2) is 4.63 Å². The van der Waals surface area contributed by atoms with Crippen LogP contribution in [-0.2, 0) is 0 Å². The van der Waals surface area contributed by atoms with Crippen LogP contribution in [0.4, 0.5) is 11.5 Å². The maximum Gasteiger partial charge on any atom is 0.199 e. The molecule has 0 saturated carbocycles. The van der Waals surface area contributed by atoms with Crippen LogP contribution in [0.5, 0.6) is 0 Å². The molecule has 0 spiro atoms. The molecule has 0 atom stereocenters. The largest absolute Gasteiger partial charge is 0.379 e. The molecule has 2 rings (SSSR count). The molecule has 1 aromatic heterocycles. The van der Waals surface area contributed by atoms with Crippen molar-refractivity contribution in [1.82, 2.24) is 10.3 Å². The SMILES string of the molecule is C#Cc1cccc(NC(=N)c2nonc2N)c1. The molecule has 0 aliphatic carbocycles. The molecule has 17 heavy (non-hydrogen) atoms. The summed E-state index contributed by atoms with van der Waals surface area (Å²) in [5.74, 6) is 2.57. The standard InChI is InChI=1S/C11H9N5O/c1-2-7-4-3-5-8(6-7)14-10(12)9-11(13)16-17-15-9/h1,3-6H,(H2,12,14)(H2,13,16). The van der Waals surface area contributed by atoms with Gasteiger partial charge in [0.1, 0.15) is 0 Å². The first-order valence-corrected chi connectivity index (χ1v) is 4.71. The summed E-state index contributed by atoms with van der Waals surface area (Å²) in [7, 11) is 0. The topological polar surface area (TPSA) is 101 Å². The summed E-state index contributed by atoms with van der Waals surface area (Å²) in [6.07, 6.45) is 5.28. The van der Waals surface area contributed by atoms with Crippen molar-refractivity contribution in [2.24, 2.45) is 0 Å². The predicted molar refractivity (Wildman–Crippen MR) is 63.5 cm³/mol. The normalized spacial score (nSPS) is 9.59. The zero-order valence-electron chi connectivity index (χ0n) is 8.77. The molecule has 2 aromatic rings. The Morgan fingerprint density at radius 2 is 2.29 bits per heavy atom. The quantitative estimate of drug-likeness (QED) is 0.404. The van der Waals surface area contributed by atoms with Crippen molar-refractivity contribution in [2.45, 2.75) is 0 Å². The first-order chi connectivity index (χ1) is 8.20. The second-order valence-corrected chi connectivity index (χ2v) is 3.22. The van der Waals surface area contributed by atoms with Crippen LogP contribution in [0.25, 0.3) is 0 Å². The third kappa shape index (κ3) is 2.23. The number of hydrogen-bond donors (Lipinski definition) is 3. The minimum absolute atomic E-state index is 0.00192. The van der Waals surface area contributed by atoms with E-state index in [0.29, 0.717) is 11.3 Å². The van der Waals surface area contributed by atoms with Gasteiger partial charge in [-0.15, -0.1) is 6.42 Å². The third-order valence-electron chi connectivity index (χ3n) is 2.05. The number of hydrogen-bond acceptors (Lipinski definition) is 5. The molecular formula is C11H9N5O. The molecule has 0 aliphatic rings. The van der Waals surface area contributed by atoms with Crippen LogP contribution >= 0.6 is 0 Å². The Morgan fingerprint density at radius 3 is 2.94 bits per heavy atom. The predicted octanol–water partition coefficient (Wildman–Crippen LogP) is 1.07. The Labute approximate surface area is 97.3 Å². The van der Waals surface area contributed by atoms with Crippen LogP contribution in [0.15, 0.2) is 28.9 Å². The molecule has 84 valence electrons. The number of terminal acetylenes is 1. The van der Waals surface area contributed by atoms with Gasteiger partial charge in [0, 0.05) is 11.3 Å². The highest BCUT2D eigenvalue weighted by Gasteiger charge is 2.12. The van der Waals surface area contributed by atoms with Crippen LogP contribution in [0.3, 0.4) is 0 Å². The summed E-state index contributed by atoms with van der Waals surface area (Å²) >= 11 is 0. The summed E-state index contributed by atoms with van der Waals surface area (Å²) in [5.41, 5.74) is 7.02. The highest BCUT2D eigenvalue weighted by molar-refractivity contribution is 6.07. The molecule has 0 amide bonds. The summed E-state index contributed by atoms with van der Waals surface area (Å²) in [4.78, 5) is 0. The van der Waals surface area contributed by atoms with Gasteiger partial charge in [0.25, 0.3) is 0 Å². The lowest BCUT2D eigenvalue weighted by Crippen LogP contribution is -2.14. The van der Waals surface area contributed by atoms with Crippen LogP contribution in [0.2, 0.25) is 0 Å². The van der Waals surface area contributed by atoms with Crippen molar-refractivity contribution in [3.05, 3.63) is 35.5 Å². The lowest BCUT2D eigenvalue weighted by Gasteiger charge is -2.05. The Hall–Kier alpha value is -2.81. The van der Waals surface area contributed by atoms with Crippen molar-refractivity contribution in [2.75, 3.05) is 11.1 Å². The van der Waals surface area contributed by atoms with Crippen molar-refractivity contribution in [1.29, 1.82) is 5.41 Å². The molecule has 6 heteroatoms. The van der Waals surface area contributed by atoms with E-state index in [1.165, 1.54) is 0 Å². The van der Waals surface area contributed by atoms with E-state index in [1.54, 1.807) is 24.3 Å². The Balaban J connectivity index is 2.19. The second-order valence-electron chi connectivity index (χ2n) is 3.22. The number of nitrogens with one attached hydrogen (secondary N) is 2. The lowest BCUT2D eigenvalue weighted by molar-refractivity contribution is 0.308. The van der Waals surface area contributed by atoms with Crippen LogP contribution in [0.1, 0.15) is 11.3 Å². The number of benzene rings is 1. The van der Waals surface area contributed by atoms with Gasteiger partial charge in [0.2, 0.25) is 0 Å². The summed E-state index contributed by atoms with van der Waals surface area (Å²) in [5, 5.41) is 17.5. The molecule has 1 aromatic carbocycles. The number of nitrogens with two attached hydrogens (primary N) is 1. The number of rotatable bonds is 2. The van der Waals surface area contributed by atoms with E-state index in [-0.39, 0.29) is 17.3 Å². The van der Waals surface area contributed by atoms with Crippen LogP contribution in [-0.4, -0.2) is 16.1 Å². The number of nitrogens with zero attached hydrogens (tertiary/aromatic N) is 2. The Kier molecular flexibility index (Phi) is 2.75. The van der Waals surface area contributed by atoms with E-state index in [1.807, 2.05) is 0 Å². The zero-order valence-corrected chi connectivity index (χ0v) is 8.77. The molecule has 0 aliphatic heterocycles. The first-order valence-electron chi connectivity index (χ1n) is 4.71. The number of nitrogen functional groups attached to an aromatic ring is 1. The molecule has 6 nitrogen and oxygen atoms in total. The van der Waals surface area contributed by atoms with Gasteiger partial charge < -0.3 is 11.1 Å². The number of anilines is 2. The lowest BCUT2D eigenvalue weighted by atomic mass is 10.2. The summed E-state index contributed by atoms with van der Waals surface area (Å²) in [6.45, 7) is 0. The fraction of sp³-hybridized carbons (Fsp3) is 0. The first kappa shape index (κ1) is 10.7. The number of aromatic nitrogens is 2. The van der Waals surface area contributed by atoms with E-state index in [0.717, 1.165) is 0 Å². The molecular weight excluding hydrogens is 218 g/mol. The van der Waals surface area contributed by atoms with Gasteiger partial charge in [-0.2, -0.15) is 0 Å². The van der Waals surface area contributed by atoms with Gasteiger partial charge in [0.05, 0.1) is 0 Å². The maximum atomic E-state index is 7.75. The Bertz CT molecular complexity index is 596. The molecule has 1 heterocycles. The zero-order chi connectivity index (χ0) is 12.3. The van der Waals surface area contributed by atoms with Gasteiger partial charge in [-0.05, 0) is 28.5 Å². The number of amidine groups is 1.